The van der Waals surface area contributed by atoms with Crippen LogP contribution < -0.4 is 5.32 Å². The zero-order valence-electron chi connectivity index (χ0n) is 16.7. The van der Waals surface area contributed by atoms with Crippen LogP contribution in [0.3, 0.4) is 0 Å². The molecule has 0 atom stereocenters. The Morgan fingerprint density at radius 3 is 2.57 bits per heavy atom. The van der Waals surface area contributed by atoms with Gasteiger partial charge in [-0.2, -0.15) is 5.26 Å². The van der Waals surface area contributed by atoms with Gasteiger partial charge in [-0.25, -0.2) is 4.39 Å². The number of nitrogens with one attached hydrogen (secondary N) is 1. The molecule has 0 saturated carbocycles. The second kappa shape index (κ2) is 9.39. The molecule has 0 aliphatic rings. The predicted molar refractivity (Wildman–Crippen MR) is 119 cm³/mol. The van der Waals surface area contributed by atoms with E-state index in [-0.39, 0.29) is 11.4 Å². The first-order valence-corrected chi connectivity index (χ1v) is 9.77. The van der Waals surface area contributed by atoms with Crippen molar-refractivity contribution >= 4 is 29.3 Å². The Bertz CT molecular complexity index is 1180. The maximum absolute atomic E-state index is 14.1. The Labute approximate surface area is 180 Å². The number of halogens is 2. The van der Waals surface area contributed by atoms with Gasteiger partial charge in [0.05, 0.1) is 0 Å². The highest BCUT2D eigenvalue weighted by atomic mass is 35.5. The summed E-state index contributed by atoms with van der Waals surface area (Å²) in [5.41, 5.74) is 4.45. The van der Waals surface area contributed by atoms with E-state index < -0.39 is 5.91 Å². The van der Waals surface area contributed by atoms with Crippen LogP contribution in [-0.4, -0.2) is 5.91 Å². The number of hydrogen-bond donors (Lipinski definition) is 1. The van der Waals surface area contributed by atoms with Crippen LogP contribution in [0.2, 0.25) is 5.02 Å². The van der Waals surface area contributed by atoms with E-state index in [1.165, 1.54) is 12.1 Å². The van der Waals surface area contributed by atoms with Crippen molar-refractivity contribution in [2.75, 3.05) is 5.32 Å². The molecule has 1 N–H and O–H groups in total. The third-order valence-electron chi connectivity index (χ3n) is 4.74. The number of nitrogens with zero attached hydrogens (tertiary/aromatic N) is 1. The summed E-state index contributed by atoms with van der Waals surface area (Å²) in [6.45, 7) is 3.86. The summed E-state index contributed by atoms with van der Waals surface area (Å²) in [5, 5.41) is 12.8. The minimum atomic E-state index is -0.513. The van der Waals surface area contributed by atoms with Gasteiger partial charge in [0.25, 0.3) is 5.91 Å². The van der Waals surface area contributed by atoms with Gasteiger partial charge in [0.2, 0.25) is 0 Å². The van der Waals surface area contributed by atoms with E-state index in [0.717, 1.165) is 16.7 Å². The fourth-order valence-electron chi connectivity index (χ4n) is 3.16. The molecule has 5 heteroatoms. The van der Waals surface area contributed by atoms with Gasteiger partial charge in [0.15, 0.2) is 0 Å². The Hall–Kier alpha value is -3.42. The van der Waals surface area contributed by atoms with Crippen LogP contribution in [0.25, 0.3) is 6.08 Å². The average molecular weight is 419 g/mol. The molecule has 3 rings (SSSR count). The lowest BCUT2D eigenvalue weighted by atomic mass is 9.98. The molecule has 0 aromatic heterocycles. The number of benzene rings is 3. The standard InChI is InChI=1S/C25H20ClFN2O/c1-16-7-10-24(17(2)11-16)29-25(30)21(15-28)13-20-14-22(26)9-8-18(20)12-19-5-3-4-6-23(19)27/h3-11,13-14H,12H2,1-2H3,(H,29,30)/b21-13+. The van der Waals surface area contributed by atoms with E-state index >= 15 is 0 Å². The van der Waals surface area contributed by atoms with Crippen LogP contribution in [-0.2, 0) is 11.2 Å². The average Bonchev–Trinajstić information content (AvgIpc) is 2.71. The molecule has 0 fully saturated rings. The number of rotatable bonds is 5. The fraction of sp³-hybridized carbons (Fsp3) is 0.120. The summed E-state index contributed by atoms with van der Waals surface area (Å²) in [4.78, 5) is 12.7. The minimum Gasteiger partial charge on any atom is -0.321 e. The summed E-state index contributed by atoms with van der Waals surface area (Å²) in [7, 11) is 0. The predicted octanol–water partition coefficient (Wildman–Crippen LogP) is 6.23. The Morgan fingerprint density at radius 2 is 1.87 bits per heavy atom. The van der Waals surface area contributed by atoms with Crippen LogP contribution >= 0.6 is 11.6 Å². The second-order valence-corrected chi connectivity index (χ2v) is 7.49. The number of carbonyl (C=O) groups excluding carboxylic acids is 1. The van der Waals surface area contributed by atoms with E-state index in [1.54, 1.807) is 42.5 Å². The van der Waals surface area contributed by atoms with Crippen LogP contribution in [0.1, 0.15) is 27.8 Å². The lowest BCUT2D eigenvalue weighted by molar-refractivity contribution is -0.112. The van der Waals surface area contributed by atoms with Crippen molar-refractivity contribution in [3.05, 3.63) is 105 Å². The van der Waals surface area contributed by atoms with Crippen molar-refractivity contribution in [2.24, 2.45) is 0 Å². The molecule has 30 heavy (non-hydrogen) atoms. The Morgan fingerprint density at radius 1 is 1.10 bits per heavy atom. The van der Waals surface area contributed by atoms with Gasteiger partial charge >= 0.3 is 0 Å². The molecule has 3 aromatic rings. The lowest BCUT2D eigenvalue weighted by Crippen LogP contribution is -2.14. The van der Waals surface area contributed by atoms with Crippen LogP contribution in [0.5, 0.6) is 0 Å². The minimum absolute atomic E-state index is 0.0629. The zero-order valence-corrected chi connectivity index (χ0v) is 17.4. The van der Waals surface area contributed by atoms with E-state index in [1.807, 2.05) is 32.0 Å². The van der Waals surface area contributed by atoms with E-state index in [0.29, 0.717) is 28.3 Å². The van der Waals surface area contributed by atoms with Crippen molar-refractivity contribution in [3.8, 4) is 6.07 Å². The SMILES string of the molecule is Cc1ccc(NC(=O)/C(C#N)=C/c2cc(Cl)ccc2Cc2ccccc2F)c(C)c1. The first kappa shape index (κ1) is 21.3. The smallest absolute Gasteiger partial charge is 0.266 e. The van der Waals surface area contributed by atoms with Crippen molar-refractivity contribution in [1.29, 1.82) is 5.26 Å². The van der Waals surface area contributed by atoms with Gasteiger partial charge in [-0.15, -0.1) is 0 Å². The summed E-state index contributed by atoms with van der Waals surface area (Å²) in [6, 6.07) is 19.3. The molecule has 3 nitrogen and oxygen atoms in total. The van der Waals surface area contributed by atoms with Gasteiger partial charge < -0.3 is 5.32 Å². The molecule has 3 aromatic carbocycles. The number of carbonyl (C=O) groups is 1. The molecule has 1 amide bonds. The van der Waals surface area contributed by atoms with Crippen molar-refractivity contribution in [3.63, 3.8) is 0 Å². The highest BCUT2D eigenvalue weighted by Gasteiger charge is 2.13. The van der Waals surface area contributed by atoms with Crippen LogP contribution in [0.15, 0.2) is 66.2 Å². The fourth-order valence-corrected chi connectivity index (χ4v) is 3.34. The Balaban J connectivity index is 1.93. The summed E-state index contributed by atoms with van der Waals surface area (Å²) in [5.74, 6) is -0.822. The largest absolute Gasteiger partial charge is 0.321 e. The zero-order chi connectivity index (χ0) is 21.7. The molecule has 0 spiro atoms. The molecule has 0 saturated heterocycles. The maximum atomic E-state index is 14.1. The molecule has 0 bridgehead atoms. The highest BCUT2D eigenvalue weighted by Crippen LogP contribution is 2.24. The van der Waals surface area contributed by atoms with Gasteiger partial charge in [-0.1, -0.05) is 53.6 Å². The molecular weight excluding hydrogens is 399 g/mol. The maximum Gasteiger partial charge on any atom is 0.266 e. The van der Waals surface area contributed by atoms with Crippen LogP contribution in [0.4, 0.5) is 10.1 Å². The topological polar surface area (TPSA) is 52.9 Å². The van der Waals surface area contributed by atoms with Crippen molar-refractivity contribution in [2.45, 2.75) is 20.3 Å². The van der Waals surface area contributed by atoms with Crippen molar-refractivity contribution in [1.82, 2.24) is 0 Å². The number of hydrogen-bond acceptors (Lipinski definition) is 2. The van der Waals surface area contributed by atoms with Crippen molar-refractivity contribution < 1.29 is 9.18 Å². The summed E-state index contributed by atoms with van der Waals surface area (Å²) < 4.78 is 14.1. The molecule has 0 heterocycles. The summed E-state index contributed by atoms with van der Waals surface area (Å²) in [6.07, 6.45) is 1.80. The molecule has 0 aliphatic heterocycles. The third kappa shape index (κ3) is 5.14. The normalized spacial score (nSPS) is 11.1. The molecule has 150 valence electrons. The Kier molecular flexibility index (Phi) is 6.66. The van der Waals surface area contributed by atoms with E-state index in [4.69, 9.17) is 11.6 Å². The van der Waals surface area contributed by atoms with Crippen LogP contribution in [0, 0.1) is 31.0 Å². The number of nitriles is 1. The number of amides is 1. The highest BCUT2D eigenvalue weighted by molar-refractivity contribution is 6.30. The van der Waals surface area contributed by atoms with Gasteiger partial charge in [-0.3, -0.25) is 4.79 Å². The van der Waals surface area contributed by atoms with E-state index in [9.17, 15) is 14.4 Å². The van der Waals surface area contributed by atoms with E-state index in [2.05, 4.69) is 5.32 Å². The molecular formula is C25H20ClFN2O. The van der Waals surface area contributed by atoms with Gasteiger partial charge in [-0.05, 0) is 66.4 Å². The number of aryl methyl sites for hydroxylation is 2. The molecule has 0 unspecified atom stereocenters. The first-order valence-electron chi connectivity index (χ1n) is 9.39. The summed E-state index contributed by atoms with van der Waals surface area (Å²) >= 11 is 6.14. The third-order valence-corrected chi connectivity index (χ3v) is 4.98. The molecule has 0 aliphatic carbocycles. The second-order valence-electron chi connectivity index (χ2n) is 7.05. The quantitative estimate of drug-likeness (QED) is 0.394. The van der Waals surface area contributed by atoms with Gasteiger partial charge in [0.1, 0.15) is 17.5 Å². The monoisotopic (exact) mass is 418 g/mol. The van der Waals surface area contributed by atoms with Gasteiger partial charge in [0, 0.05) is 17.1 Å². The lowest BCUT2D eigenvalue weighted by Gasteiger charge is -2.10. The molecule has 0 radical (unpaired) electrons. The first-order chi connectivity index (χ1) is 14.4. The number of anilines is 1.